The van der Waals surface area contributed by atoms with E-state index in [1.54, 1.807) is 12.4 Å². The third-order valence-corrected chi connectivity index (χ3v) is 8.74. The molecule has 5 aromatic carbocycles. The first-order chi connectivity index (χ1) is 21.9. The molecule has 7 rings (SSSR count). The lowest BCUT2D eigenvalue weighted by molar-refractivity contribution is 0.477. The smallest absolute Gasteiger partial charge is 0.184 e. The van der Waals surface area contributed by atoms with Crippen molar-refractivity contribution in [1.82, 2.24) is 24.9 Å². The summed E-state index contributed by atoms with van der Waals surface area (Å²) in [5.41, 5.74) is 6.93. The number of hydrogen-bond donors (Lipinski definition) is 0. The highest BCUT2D eigenvalue weighted by molar-refractivity contribution is 5.99. The Labute approximate surface area is 264 Å². The molecule has 0 saturated heterocycles. The van der Waals surface area contributed by atoms with Gasteiger partial charge in [0.2, 0.25) is 0 Å². The average Bonchev–Trinajstić information content (AvgIpc) is 3.08. The minimum absolute atomic E-state index is 0.0409. The van der Waals surface area contributed by atoms with Gasteiger partial charge in [-0.05, 0) is 51.4 Å². The highest BCUT2D eigenvalue weighted by Crippen LogP contribution is 2.38. The summed E-state index contributed by atoms with van der Waals surface area (Å²) in [6.45, 7) is 9.04. The zero-order valence-corrected chi connectivity index (χ0v) is 26.1. The van der Waals surface area contributed by atoms with Gasteiger partial charge in [0.05, 0.1) is 18.1 Å². The van der Waals surface area contributed by atoms with E-state index in [2.05, 4.69) is 100 Å². The van der Waals surface area contributed by atoms with Gasteiger partial charge in [-0.25, -0.2) is 19.9 Å². The van der Waals surface area contributed by atoms with Crippen molar-refractivity contribution >= 4 is 21.5 Å². The normalized spacial score (nSPS) is 11.7. The number of rotatable bonds is 7. The lowest BCUT2D eigenvalue weighted by Gasteiger charge is -2.27. The molecule has 2 aromatic heterocycles. The second kappa shape index (κ2) is 11.7. The summed E-state index contributed by atoms with van der Waals surface area (Å²) >= 11 is 0. The maximum absolute atomic E-state index is 5.15. The molecule has 0 aliphatic carbocycles. The van der Waals surface area contributed by atoms with Gasteiger partial charge < -0.3 is 0 Å². The van der Waals surface area contributed by atoms with Gasteiger partial charge in [0, 0.05) is 16.7 Å². The lowest BCUT2D eigenvalue weighted by Crippen LogP contribution is -2.17. The van der Waals surface area contributed by atoms with Crippen LogP contribution in [0.5, 0.6) is 0 Å². The molecule has 5 heteroatoms. The van der Waals surface area contributed by atoms with Gasteiger partial charge in [-0.1, -0.05) is 130 Å². The third-order valence-electron chi connectivity index (χ3n) is 8.74. The van der Waals surface area contributed by atoms with Crippen LogP contribution in [0.2, 0.25) is 0 Å². The van der Waals surface area contributed by atoms with Crippen LogP contribution in [0.3, 0.4) is 0 Å². The van der Waals surface area contributed by atoms with Crippen molar-refractivity contribution in [2.24, 2.45) is 0 Å². The summed E-state index contributed by atoms with van der Waals surface area (Å²) in [7, 11) is 0. The predicted molar refractivity (Wildman–Crippen MR) is 185 cm³/mol. The van der Waals surface area contributed by atoms with E-state index in [4.69, 9.17) is 24.9 Å². The van der Waals surface area contributed by atoms with Crippen molar-refractivity contribution in [1.29, 1.82) is 0 Å². The zero-order valence-electron chi connectivity index (χ0n) is 26.1. The summed E-state index contributed by atoms with van der Waals surface area (Å²) in [4.78, 5) is 24.7. The molecule has 5 nitrogen and oxygen atoms in total. The van der Waals surface area contributed by atoms with E-state index in [1.165, 1.54) is 21.9 Å². The van der Waals surface area contributed by atoms with Crippen LogP contribution in [-0.4, -0.2) is 24.9 Å². The molecule has 0 radical (unpaired) electrons. The first-order valence-electron chi connectivity index (χ1n) is 15.6. The predicted octanol–water partition coefficient (Wildman–Crippen LogP) is 10.0. The van der Waals surface area contributed by atoms with Gasteiger partial charge >= 0.3 is 0 Å². The molecule has 0 saturated carbocycles. The fraction of sp³-hybridized carbons (Fsp3) is 0.175. The summed E-state index contributed by atoms with van der Waals surface area (Å²) in [5.74, 6) is 1.72. The molecule has 0 N–H and O–H groups in total. The average molecular weight is 586 g/mol. The van der Waals surface area contributed by atoms with Crippen LogP contribution in [0.1, 0.15) is 44.7 Å². The summed E-state index contributed by atoms with van der Waals surface area (Å²) in [6.07, 6.45) is 5.77. The maximum Gasteiger partial charge on any atom is 0.184 e. The molecule has 7 aromatic rings. The van der Waals surface area contributed by atoms with Gasteiger partial charge in [-0.2, -0.15) is 0 Å². The van der Waals surface area contributed by atoms with E-state index in [0.29, 0.717) is 23.2 Å². The van der Waals surface area contributed by atoms with Crippen molar-refractivity contribution < 1.29 is 0 Å². The maximum atomic E-state index is 5.15. The van der Waals surface area contributed by atoms with Gasteiger partial charge in [-0.15, -0.1) is 0 Å². The fourth-order valence-electron chi connectivity index (χ4n) is 6.42. The molecule has 0 spiro atoms. The summed E-state index contributed by atoms with van der Waals surface area (Å²) < 4.78 is 0. The van der Waals surface area contributed by atoms with E-state index in [1.807, 2.05) is 30.3 Å². The highest BCUT2D eigenvalue weighted by atomic mass is 15.1. The van der Waals surface area contributed by atoms with Crippen molar-refractivity contribution in [3.63, 3.8) is 0 Å². The number of aromatic nitrogens is 5. The molecule has 0 unspecified atom stereocenters. The van der Waals surface area contributed by atoms with Crippen LogP contribution < -0.4 is 0 Å². The van der Waals surface area contributed by atoms with Crippen LogP contribution in [0, 0.1) is 6.92 Å². The number of benzene rings is 5. The van der Waals surface area contributed by atoms with Gasteiger partial charge in [0.1, 0.15) is 5.69 Å². The minimum atomic E-state index is 0.0409. The highest BCUT2D eigenvalue weighted by Gasteiger charge is 2.24. The summed E-state index contributed by atoms with van der Waals surface area (Å²) in [5, 5.41) is 4.64. The molecule has 0 bridgehead atoms. The van der Waals surface area contributed by atoms with E-state index in [-0.39, 0.29) is 5.41 Å². The topological polar surface area (TPSA) is 64.5 Å². The second-order valence-corrected chi connectivity index (χ2v) is 12.3. The Hall–Kier alpha value is -5.29. The van der Waals surface area contributed by atoms with Crippen molar-refractivity contribution in [2.75, 3.05) is 0 Å². The fourth-order valence-corrected chi connectivity index (χ4v) is 6.42. The van der Waals surface area contributed by atoms with E-state index >= 15 is 0 Å². The van der Waals surface area contributed by atoms with Crippen molar-refractivity contribution in [3.05, 3.63) is 127 Å². The van der Waals surface area contributed by atoms with Crippen LogP contribution in [-0.2, 0) is 5.41 Å². The molecular weight excluding hydrogens is 550 g/mol. The Balaban J connectivity index is 1.45. The Morgan fingerprint density at radius 1 is 0.533 bits per heavy atom. The molecule has 45 heavy (non-hydrogen) atoms. The monoisotopic (exact) mass is 585 g/mol. The van der Waals surface area contributed by atoms with Crippen LogP contribution in [0.4, 0.5) is 0 Å². The molecule has 220 valence electrons. The number of fused-ring (bicyclic) bond motifs is 2. The Morgan fingerprint density at radius 3 is 1.71 bits per heavy atom. The second-order valence-electron chi connectivity index (χ2n) is 12.3. The van der Waals surface area contributed by atoms with E-state index < -0.39 is 0 Å². The molecular formula is C40H35N5. The number of aryl methyl sites for hydroxylation is 1. The molecule has 0 amide bonds. The van der Waals surface area contributed by atoms with Crippen LogP contribution in [0.25, 0.3) is 67.1 Å². The standard InChI is InChI=1S/C40H35N5/c1-5-23-40(3,4)34-22-21-33(30-17-11-12-18-31(30)34)38-43-37(32-20-19-26(2)28-15-9-10-16-29(28)32)44-39(45-38)36-25-41-35(24-42-36)27-13-7-6-8-14-27/h6-22,24-25H,5,23H2,1-4H3. The molecule has 0 aliphatic heterocycles. The Kier molecular flexibility index (Phi) is 7.38. The first kappa shape index (κ1) is 28.5. The Morgan fingerprint density at radius 2 is 1.07 bits per heavy atom. The van der Waals surface area contributed by atoms with E-state index in [0.717, 1.165) is 46.0 Å². The molecule has 2 heterocycles. The number of hydrogen-bond acceptors (Lipinski definition) is 5. The van der Waals surface area contributed by atoms with Gasteiger partial charge in [-0.3, -0.25) is 4.98 Å². The van der Waals surface area contributed by atoms with E-state index in [9.17, 15) is 0 Å². The van der Waals surface area contributed by atoms with Crippen molar-refractivity contribution in [2.45, 2.75) is 46.0 Å². The third kappa shape index (κ3) is 5.35. The van der Waals surface area contributed by atoms with Crippen LogP contribution >= 0.6 is 0 Å². The SMILES string of the molecule is CCCC(C)(C)c1ccc(-c2nc(-c3cnc(-c4ccccc4)cn3)nc(-c3ccc(C)c4ccccc34)n2)c2ccccc12. The molecule has 0 atom stereocenters. The van der Waals surface area contributed by atoms with Crippen LogP contribution in [0.15, 0.2) is 116 Å². The van der Waals surface area contributed by atoms with Crippen molar-refractivity contribution in [3.8, 4) is 45.6 Å². The Bertz CT molecular complexity index is 2150. The van der Waals surface area contributed by atoms with Gasteiger partial charge in [0.25, 0.3) is 0 Å². The largest absolute Gasteiger partial charge is 0.252 e. The molecule has 0 fully saturated rings. The van der Waals surface area contributed by atoms with Gasteiger partial charge in [0.15, 0.2) is 17.5 Å². The number of nitrogens with zero attached hydrogens (tertiary/aromatic N) is 5. The molecule has 0 aliphatic rings. The zero-order chi connectivity index (χ0) is 31.0. The minimum Gasteiger partial charge on any atom is -0.252 e. The summed E-state index contributed by atoms with van der Waals surface area (Å²) in [6, 6.07) is 35.7. The first-order valence-corrected chi connectivity index (χ1v) is 15.6. The lowest BCUT2D eigenvalue weighted by atomic mass is 9.78. The quantitative estimate of drug-likeness (QED) is 0.186.